The largest absolute Gasteiger partial charge is 1.00 e. The van der Waals surface area contributed by atoms with Crippen LogP contribution in [0.4, 0.5) is 0 Å². The van der Waals surface area contributed by atoms with Gasteiger partial charge in [-0.15, -0.1) is 0 Å². The molecule has 23 heavy (non-hydrogen) atoms. The van der Waals surface area contributed by atoms with Crippen LogP contribution >= 0.6 is 23.2 Å². The number of carboxylic acid groups (broad SMARTS) is 2. The van der Waals surface area contributed by atoms with Crippen molar-refractivity contribution in [3.8, 4) is 5.69 Å². The maximum atomic E-state index is 11.9. The van der Waals surface area contributed by atoms with Gasteiger partial charge in [-0.25, -0.2) is 14.4 Å². The standard InChI is InChI=1S/C12H6Cl2N2O6.Li.H/c13-4-1-5(14)3-6(2-4)16-8(11(20)21)7(10(18)19)9(17)15-12(16)22;;/h1-3H,(H,18,19)(H,20,21)(H,15,17,22);;/q;+1;-1. The molecule has 1 aromatic carbocycles. The monoisotopic (exact) mass is 352 g/mol. The summed E-state index contributed by atoms with van der Waals surface area (Å²) in [6, 6.07) is 3.73. The van der Waals surface area contributed by atoms with Gasteiger partial charge in [0.05, 0.1) is 5.69 Å². The van der Waals surface area contributed by atoms with Crippen LogP contribution < -0.4 is 30.1 Å². The summed E-state index contributed by atoms with van der Waals surface area (Å²) in [5.74, 6) is -3.56. The quantitative estimate of drug-likeness (QED) is 0.567. The van der Waals surface area contributed by atoms with Crippen LogP contribution in [0.3, 0.4) is 0 Å². The average molecular weight is 353 g/mol. The van der Waals surface area contributed by atoms with Crippen LogP contribution in [0, 0.1) is 0 Å². The normalized spacial score (nSPS) is 10.0. The van der Waals surface area contributed by atoms with Crippen molar-refractivity contribution in [2.45, 2.75) is 0 Å². The molecule has 1 aromatic heterocycles. The van der Waals surface area contributed by atoms with Crippen LogP contribution in [0.25, 0.3) is 5.69 Å². The van der Waals surface area contributed by atoms with Gasteiger partial charge >= 0.3 is 36.5 Å². The van der Waals surface area contributed by atoms with Gasteiger partial charge in [0.15, 0.2) is 11.3 Å². The van der Waals surface area contributed by atoms with Gasteiger partial charge in [-0.1, -0.05) is 23.2 Å². The van der Waals surface area contributed by atoms with E-state index < -0.39 is 34.4 Å². The fraction of sp³-hybridized carbons (Fsp3) is 0. The number of aromatic amines is 1. The minimum Gasteiger partial charge on any atom is -1.00 e. The zero-order valence-electron chi connectivity index (χ0n) is 12.5. The number of hydrogen-bond acceptors (Lipinski definition) is 4. The first kappa shape index (κ1) is 19.1. The molecule has 0 amide bonds. The molecule has 116 valence electrons. The second-order valence-electron chi connectivity index (χ2n) is 4.06. The van der Waals surface area contributed by atoms with Crippen LogP contribution in [0.5, 0.6) is 0 Å². The molecule has 0 spiro atoms. The van der Waals surface area contributed by atoms with Crippen molar-refractivity contribution in [1.29, 1.82) is 0 Å². The summed E-state index contributed by atoms with van der Waals surface area (Å²) >= 11 is 11.6. The first-order valence-electron chi connectivity index (χ1n) is 5.54. The van der Waals surface area contributed by atoms with Gasteiger partial charge in [-0.2, -0.15) is 0 Å². The summed E-state index contributed by atoms with van der Waals surface area (Å²) in [4.78, 5) is 47.7. The molecule has 0 aliphatic heterocycles. The van der Waals surface area contributed by atoms with Crippen molar-refractivity contribution >= 4 is 35.1 Å². The number of aromatic carboxylic acids is 2. The van der Waals surface area contributed by atoms with Crippen molar-refractivity contribution in [3.05, 3.63) is 60.3 Å². The fourth-order valence-corrected chi connectivity index (χ4v) is 2.37. The molecule has 0 aliphatic carbocycles. The predicted molar refractivity (Wildman–Crippen MR) is 77.7 cm³/mol. The Labute approximate surface area is 150 Å². The SMILES string of the molecule is O=C(O)c1c(C(=O)O)n(-c2cc(Cl)cc(Cl)c2)c(=O)[nH]c1=O.[H-].[Li+]. The number of carboxylic acids is 2. The van der Waals surface area contributed by atoms with E-state index >= 15 is 0 Å². The Balaban J connectivity index is 0.00000264. The number of carbonyl (C=O) groups is 2. The molecule has 0 radical (unpaired) electrons. The molecule has 2 aromatic rings. The molecule has 0 atom stereocenters. The second-order valence-corrected chi connectivity index (χ2v) is 4.93. The Hall–Kier alpha value is -1.98. The molecular formula is C12H7Cl2LiN2O6. The molecule has 0 saturated heterocycles. The molecule has 11 heteroatoms. The number of hydrogen-bond donors (Lipinski definition) is 3. The number of nitrogens with zero attached hydrogens (tertiary/aromatic N) is 1. The maximum absolute atomic E-state index is 11.9. The number of benzene rings is 1. The van der Waals surface area contributed by atoms with Gasteiger partial charge in [-0.05, 0) is 18.2 Å². The van der Waals surface area contributed by atoms with Crippen molar-refractivity contribution in [1.82, 2.24) is 9.55 Å². The van der Waals surface area contributed by atoms with Crippen LogP contribution in [-0.2, 0) is 0 Å². The smallest absolute Gasteiger partial charge is 1.00 e. The average Bonchev–Trinajstić information content (AvgIpc) is 2.35. The topological polar surface area (TPSA) is 129 Å². The Bertz CT molecular complexity index is 906. The van der Waals surface area contributed by atoms with E-state index in [1.54, 1.807) is 4.98 Å². The molecule has 0 fully saturated rings. The summed E-state index contributed by atoms with van der Waals surface area (Å²) in [5, 5.41) is 18.4. The van der Waals surface area contributed by atoms with Crippen molar-refractivity contribution < 1.29 is 40.1 Å². The molecule has 8 nitrogen and oxygen atoms in total. The zero-order valence-corrected chi connectivity index (χ0v) is 13.0. The number of H-pyrrole nitrogens is 1. The first-order chi connectivity index (χ1) is 10.2. The third kappa shape index (κ3) is 3.68. The van der Waals surface area contributed by atoms with Crippen LogP contribution in [-0.4, -0.2) is 31.7 Å². The Morgan fingerprint density at radius 3 is 2.00 bits per heavy atom. The Kier molecular flexibility index (Phi) is 5.85. The van der Waals surface area contributed by atoms with Gasteiger partial charge in [-0.3, -0.25) is 14.3 Å². The van der Waals surface area contributed by atoms with Gasteiger partial charge in [0.1, 0.15) is 0 Å². The molecule has 0 aliphatic rings. The summed E-state index contributed by atoms with van der Waals surface area (Å²) in [7, 11) is 0. The summed E-state index contributed by atoms with van der Waals surface area (Å²) in [6.45, 7) is 0. The third-order valence-electron chi connectivity index (χ3n) is 2.63. The molecule has 1 heterocycles. The van der Waals surface area contributed by atoms with Crippen molar-refractivity contribution in [3.63, 3.8) is 0 Å². The molecular weight excluding hydrogens is 346 g/mol. The van der Waals surface area contributed by atoms with Crippen molar-refractivity contribution in [2.24, 2.45) is 0 Å². The Morgan fingerprint density at radius 2 is 1.57 bits per heavy atom. The third-order valence-corrected chi connectivity index (χ3v) is 3.07. The molecule has 0 saturated carbocycles. The van der Waals surface area contributed by atoms with Crippen LogP contribution in [0.15, 0.2) is 27.8 Å². The molecule has 0 bridgehead atoms. The summed E-state index contributed by atoms with van der Waals surface area (Å²) < 4.78 is 0.505. The number of halogens is 2. The Morgan fingerprint density at radius 1 is 1.04 bits per heavy atom. The second kappa shape index (κ2) is 7.06. The van der Waals surface area contributed by atoms with E-state index in [2.05, 4.69) is 0 Å². The first-order valence-corrected chi connectivity index (χ1v) is 6.30. The van der Waals surface area contributed by atoms with Crippen LogP contribution in [0.1, 0.15) is 22.3 Å². The van der Waals surface area contributed by atoms with E-state index in [-0.39, 0.29) is 36.0 Å². The minimum absolute atomic E-state index is 0. The minimum atomic E-state index is -1.79. The van der Waals surface area contributed by atoms with Gasteiger partial charge < -0.3 is 11.6 Å². The van der Waals surface area contributed by atoms with E-state index in [1.807, 2.05) is 0 Å². The zero-order chi connectivity index (χ0) is 16.6. The van der Waals surface area contributed by atoms with Gasteiger partial charge in [0, 0.05) is 10.0 Å². The van der Waals surface area contributed by atoms with E-state index in [0.717, 1.165) is 0 Å². The number of rotatable bonds is 3. The van der Waals surface area contributed by atoms with Crippen molar-refractivity contribution in [2.75, 3.05) is 0 Å². The van der Waals surface area contributed by atoms with Gasteiger partial charge in [0.25, 0.3) is 5.56 Å². The molecule has 3 N–H and O–H groups in total. The van der Waals surface area contributed by atoms with E-state index in [4.69, 9.17) is 28.3 Å². The summed E-state index contributed by atoms with van der Waals surface area (Å²) in [6.07, 6.45) is 0. The number of aromatic nitrogens is 2. The van der Waals surface area contributed by atoms with Gasteiger partial charge in [0.2, 0.25) is 0 Å². The maximum Gasteiger partial charge on any atom is 1.00 e. The van der Waals surface area contributed by atoms with E-state index in [1.165, 1.54) is 18.2 Å². The van der Waals surface area contributed by atoms with E-state index in [9.17, 15) is 24.3 Å². The fourth-order valence-electron chi connectivity index (χ4n) is 1.85. The molecule has 2 rings (SSSR count). The van der Waals surface area contributed by atoms with Crippen LogP contribution in [0.2, 0.25) is 10.0 Å². The summed E-state index contributed by atoms with van der Waals surface area (Å²) in [5.41, 5.74) is -4.63. The van der Waals surface area contributed by atoms with E-state index in [0.29, 0.717) is 4.57 Å². The molecule has 0 unspecified atom stereocenters. The predicted octanol–water partition coefficient (Wildman–Crippen LogP) is -1.65. The number of nitrogens with one attached hydrogen (secondary N) is 1.